The number of H-pyrrole nitrogens is 1. The lowest BCUT2D eigenvalue weighted by atomic mass is 10.1. The summed E-state index contributed by atoms with van der Waals surface area (Å²) in [5, 5.41) is 8.86. The molecular formula is C10H13FN2O4. The second-order valence-corrected chi connectivity index (χ2v) is 4.26. The van der Waals surface area contributed by atoms with Gasteiger partial charge >= 0.3 is 5.69 Å². The van der Waals surface area contributed by atoms with Crippen LogP contribution in [0.1, 0.15) is 18.2 Å². The lowest BCUT2D eigenvalue weighted by Gasteiger charge is -2.15. The first kappa shape index (κ1) is 12.0. The van der Waals surface area contributed by atoms with E-state index >= 15 is 0 Å². The molecule has 1 fully saturated rings. The number of hydrogen-bond donors (Lipinski definition) is 2. The highest BCUT2D eigenvalue weighted by atomic mass is 19.1. The maximum absolute atomic E-state index is 13.7. The average Bonchev–Trinajstić information content (AvgIpc) is 2.67. The minimum Gasteiger partial charge on any atom is -0.393 e. The van der Waals surface area contributed by atoms with Crippen molar-refractivity contribution in [2.75, 3.05) is 13.2 Å². The van der Waals surface area contributed by atoms with Crippen molar-refractivity contribution in [2.45, 2.75) is 25.2 Å². The van der Waals surface area contributed by atoms with Gasteiger partial charge in [-0.05, 0) is 6.92 Å². The number of aryl methyl sites for hydroxylation is 1. The fourth-order valence-corrected chi connectivity index (χ4v) is 1.77. The van der Waals surface area contributed by atoms with Gasteiger partial charge in [0.05, 0.1) is 13.2 Å². The van der Waals surface area contributed by atoms with E-state index in [1.165, 1.54) is 6.20 Å². The molecule has 94 valence electrons. The standard InChI is InChI=1S/C10H13FN2O4/c1-6-3-13(9(16)12-8(6)15)7-2-10(11,4-14)5-17-7/h3,7,14H,2,4-5H2,1H3,(H,12,15,16)/t7-,10+/m0/s1. The molecule has 0 aliphatic carbocycles. The smallest absolute Gasteiger partial charge is 0.330 e. The monoisotopic (exact) mass is 244 g/mol. The molecule has 2 atom stereocenters. The zero-order valence-corrected chi connectivity index (χ0v) is 9.27. The summed E-state index contributed by atoms with van der Waals surface area (Å²) in [6.07, 6.45) is 0.416. The summed E-state index contributed by atoms with van der Waals surface area (Å²) in [6.45, 7) is 0.623. The van der Waals surface area contributed by atoms with Crippen molar-refractivity contribution in [3.63, 3.8) is 0 Å². The van der Waals surface area contributed by atoms with Crippen LogP contribution in [0.3, 0.4) is 0 Å². The Morgan fingerprint density at radius 1 is 1.71 bits per heavy atom. The van der Waals surface area contributed by atoms with Crippen molar-refractivity contribution in [3.05, 3.63) is 32.6 Å². The molecule has 0 saturated carbocycles. The van der Waals surface area contributed by atoms with E-state index < -0.39 is 29.8 Å². The van der Waals surface area contributed by atoms with Crippen LogP contribution in [0.2, 0.25) is 0 Å². The minimum atomic E-state index is -1.83. The maximum Gasteiger partial charge on any atom is 0.330 e. The molecule has 1 aliphatic rings. The van der Waals surface area contributed by atoms with Crippen LogP contribution in [0, 0.1) is 6.92 Å². The number of aliphatic hydroxyl groups excluding tert-OH is 1. The van der Waals surface area contributed by atoms with Crippen molar-refractivity contribution < 1.29 is 14.2 Å². The average molecular weight is 244 g/mol. The molecule has 6 nitrogen and oxygen atoms in total. The number of aromatic nitrogens is 2. The molecule has 2 rings (SSSR count). The number of aliphatic hydroxyl groups is 1. The van der Waals surface area contributed by atoms with Gasteiger partial charge in [-0.25, -0.2) is 9.18 Å². The fourth-order valence-electron chi connectivity index (χ4n) is 1.77. The van der Waals surface area contributed by atoms with Gasteiger partial charge in [-0.1, -0.05) is 0 Å². The third-order valence-electron chi connectivity index (χ3n) is 2.81. The maximum atomic E-state index is 13.7. The van der Waals surface area contributed by atoms with E-state index in [9.17, 15) is 14.0 Å². The summed E-state index contributed by atoms with van der Waals surface area (Å²) in [4.78, 5) is 24.8. The second-order valence-electron chi connectivity index (χ2n) is 4.26. The lowest BCUT2D eigenvalue weighted by molar-refractivity contribution is 0.0272. The van der Waals surface area contributed by atoms with Gasteiger partial charge in [-0.3, -0.25) is 14.3 Å². The Labute approximate surface area is 95.7 Å². The number of alkyl halides is 1. The molecule has 0 radical (unpaired) electrons. The number of ether oxygens (including phenoxy) is 1. The highest BCUT2D eigenvalue weighted by molar-refractivity contribution is 5.02. The molecule has 2 heterocycles. The summed E-state index contributed by atoms with van der Waals surface area (Å²) in [7, 11) is 0. The molecule has 0 spiro atoms. The Hall–Kier alpha value is -1.47. The normalized spacial score (nSPS) is 28.5. The summed E-state index contributed by atoms with van der Waals surface area (Å²) < 4.78 is 20.0. The molecule has 2 N–H and O–H groups in total. The Bertz CT molecular complexity index is 538. The second kappa shape index (κ2) is 4.08. The van der Waals surface area contributed by atoms with E-state index in [0.29, 0.717) is 5.56 Å². The van der Waals surface area contributed by atoms with Crippen molar-refractivity contribution in [3.8, 4) is 0 Å². The van der Waals surface area contributed by atoms with Crippen LogP contribution in [0.15, 0.2) is 15.8 Å². The first-order valence-corrected chi connectivity index (χ1v) is 5.19. The minimum absolute atomic E-state index is 0.116. The fraction of sp³-hybridized carbons (Fsp3) is 0.600. The Morgan fingerprint density at radius 2 is 2.41 bits per heavy atom. The highest BCUT2D eigenvalue weighted by Crippen LogP contribution is 2.32. The Morgan fingerprint density at radius 3 is 3.00 bits per heavy atom. The van der Waals surface area contributed by atoms with Crippen LogP contribution in [-0.4, -0.2) is 33.5 Å². The van der Waals surface area contributed by atoms with Gasteiger partial charge in [0.15, 0.2) is 5.67 Å². The molecule has 0 unspecified atom stereocenters. The lowest BCUT2D eigenvalue weighted by Crippen LogP contribution is -2.34. The van der Waals surface area contributed by atoms with E-state index in [2.05, 4.69) is 4.98 Å². The first-order chi connectivity index (χ1) is 7.95. The third kappa shape index (κ3) is 2.16. The summed E-state index contributed by atoms with van der Waals surface area (Å²) in [5.41, 5.74) is -2.60. The summed E-state index contributed by atoms with van der Waals surface area (Å²) in [5.74, 6) is 0. The summed E-state index contributed by atoms with van der Waals surface area (Å²) in [6, 6.07) is 0. The Balaban J connectivity index is 2.34. The Kier molecular flexibility index (Phi) is 2.88. The van der Waals surface area contributed by atoms with Crippen LogP contribution in [0.25, 0.3) is 0 Å². The molecule has 1 saturated heterocycles. The molecule has 0 amide bonds. The van der Waals surface area contributed by atoms with Crippen molar-refractivity contribution in [1.82, 2.24) is 9.55 Å². The quantitative estimate of drug-likeness (QED) is 0.732. The van der Waals surface area contributed by atoms with Crippen LogP contribution < -0.4 is 11.2 Å². The number of nitrogens with zero attached hydrogens (tertiary/aromatic N) is 1. The molecule has 1 aliphatic heterocycles. The van der Waals surface area contributed by atoms with Crippen molar-refractivity contribution in [2.24, 2.45) is 0 Å². The van der Waals surface area contributed by atoms with Crippen molar-refractivity contribution >= 4 is 0 Å². The molecule has 0 bridgehead atoms. The summed E-state index contributed by atoms with van der Waals surface area (Å²) >= 11 is 0. The molecule has 1 aromatic rings. The van der Waals surface area contributed by atoms with Gasteiger partial charge in [-0.15, -0.1) is 0 Å². The van der Waals surface area contributed by atoms with Gasteiger partial charge in [0.2, 0.25) is 0 Å². The van der Waals surface area contributed by atoms with Crippen LogP contribution in [0.4, 0.5) is 4.39 Å². The number of halogens is 1. The molecule has 1 aromatic heterocycles. The number of aromatic amines is 1. The zero-order chi connectivity index (χ0) is 12.6. The molecule has 0 aromatic carbocycles. The van der Waals surface area contributed by atoms with Gasteiger partial charge in [0, 0.05) is 18.2 Å². The molecule has 7 heteroatoms. The van der Waals surface area contributed by atoms with Crippen LogP contribution in [0.5, 0.6) is 0 Å². The van der Waals surface area contributed by atoms with Gasteiger partial charge in [0.1, 0.15) is 6.23 Å². The molecular weight excluding hydrogens is 231 g/mol. The van der Waals surface area contributed by atoms with Crippen LogP contribution >= 0.6 is 0 Å². The third-order valence-corrected chi connectivity index (χ3v) is 2.81. The van der Waals surface area contributed by atoms with Gasteiger partial charge < -0.3 is 9.84 Å². The predicted octanol–water partition coefficient (Wildman–Crippen LogP) is -0.535. The first-order valence-electron chi connectivity index (χ1n) is 5.19. The number of nitrogens with one attached hydrogen (secondary N) is 1. The topological polar surface area (TPSA) is 84.3 Å². The van der Waals surface area contributed by atoms with Crippen LogP contribution in [-0.2, 0) is 4.74 Å². The zero-order valence-electron chi connectivity index (χ0n) is 9.27. The predicted molar refractivity (Wildman–Crippen MR) is 56.6 cm³/mol. The highest BCUT2D eigenvalue weighted by Gasteiger charge is 2.41. The largest absolute Gasteiger partial charge is 0.393 e. The van der Waals surface area contributed by atoms with E-state index in [1.54, 1.807) is 6.92 Å². The van der Waals surface area contributed by atoms with E-state index in [-0.39, 0.29) is 13.0 Å². The van der Waals surface area contributed by atoms with Gasteiger partial charge in [-0.2, -0.15) is 0 Å². The number of rotatable bonds is 2. The molecule has 17 heavy (non-hydrogen) atoms. The van der Waals surface area contributed by atoms with Gasteiger partial charge in [0.25, 0.3) is 5.56 Å². The van der Waals surface area contributed by atoms with E-state index in [1.807, 2.05) is 0 Å². The van der Waals surface area contributed by atoms with E-state index in [0.717, 1.165) is 4.57 Å². The van der Waals surface area contributed by atoms with Crippen molar-refractivity contribution in [1.29, 1.82) is 0 Å². The van der Waals surface area contributed by atoms with E-state index in [4.69, 9.17) is 9.84 Å². The SMILES string of the molecule is Cc1cn([C@@H]2C[C@@](F)(CO)CO2)c(=O)[nH]c1=O. The number of hydrogen-bond acceptors (Lipinski definition) is 4.